The Morgan fingerprint density at radius 2 is 1.95 bits per heavy atom. The van der Waals surface area contributed by atoms with Gasteiger partial charge in [-0.05, 0) is 51.8 Å². The van der Waals surface area contributed by atoms with Gasteiger partial charge in [-0.3, -0.25) is 0 Å². The molecule has 114 valence electrons. The van der Waals surface area contributed by atoms with Crippen LogP contribution in [0.3, 0.4) is 0 Å². The first-order valence-corrected chi connectivity index (χ1v) is 7.93. The Bertz CT molecular complexity index is 503. The highest BCUT2D eigenvalue weighted by atomic mass is 16.5. The van der Waals surface area contributed by atoms with Crippen LogP contribution in [0.2, 0.25) is 0 Å². The number of carbonyl (C=O) groups is 1. The minimum atomic E-state index is -0.239. The van der Waals surface area contributed by atoms with Gasteiger partial charge in [0.25, 0.3) is 0 Å². The molecule has 2 atom stereocenters. The largest absolute Gasteiger partial charge is 0.462 e. The molecule has 2 unspecified atom stereocenters. The number of esters is 1. The molecule has 2 aliphatic rings. The van der Waals surface area contributed by atoms with Gasteiger partial charge in [0.1, 0.15) is 0 Å². The van der Waals surface area contributed by atoms with Crippen molar-refractivity contribution in [3.8, 4) is 0 Å². The molecule has 1 aromatic rings. The van der Waals surface area contributed by atoms with Crippen molar-refractivity contribution in [2.24, 2.45) is 0 Å². The van der Waals surface area contributed by atoms with Crippen molar-refractivity contribution >= 4 is 11.7 Å². The maximum absolute atomic E-state index is 12.0. The Labute approximate surface area is 126 Å². The zero-order valence-electron chi connectivity index (χ0n) is 12.8. The van der Waals surface area contributed by atoms with E-state index in [1.165, 1.54) is 12.8 Å². The van der Waals surface area contributed by atoms with Gasteiger partial charge in [-0.25, -0.2) is 4.79 Å². The molecular formula is C17H24N2O2. The van der Waals surface area contributed by atoms with Crippen LogP contribution in [-0.2, 0) is 4.74 Å². The summed E-state index contributed by atoms with van der Waals surface area (Å²) in [5.74, 6) is -0.239. The zero-order valence-corrected chi connectivity index (χ0v) is 12.8. The van der Waals surface area contributed by atoms with Gasteiger partial charge in [-0.2, -0.15) is 0 Å². The Morgan fingerprint density at radius 1 is 1.29 bits per heavy atom. The van der Waals surface area contributed by atoms with Gasteiger partial charge in [0, 0.05) is 23.8 Å². The minimum absolute atomic E-state index is 0.239. The highest BCUT2D eigenvalue weighted by Gasteiger charge is 2.38. The van der Waals surface area contributed by atoms with Crippen molar-refractivity contribution in [3.63, 3.8) is 0 Å². The number of benzene rings is 1. The van der Waals surface area contributed by atoms with E-state index in [-0.39, 0.29) is 5.97 Å². The summed E-state index contributed by atoms with van der Waals surface area (Å²) in [5, 5.41) is 3.58. The second kappa shape index (κ2) is 6.06. The fourth-order valence-corrected chi connectivity index (χ4v) is 3.75. The molecular weight excluding hydrogens is 264 g/mol. The Balaban J connectivity index is 1.72. The Hall–Kier alpha value is -1.55. The molecule has 2 aliphatic heterocycles. The fourth-order valence-electron chi connectivity index (χ4n) is 3.75. The molecule has 3 rings (SSSR count). The van der Waals surface area contributed by atoms with E-state index in [1.54, 1.807) is 0 Å². The van der Waals surface area contributed by atoms with Gasteiger partial charge in [-0.15, -0.1) is 0 Å². The molecule has 0 radical (unpaired) electrons. The molecule has 1 N–H and O–H groups in total. The molecule has 0 amide bonds. The topological polar surface area (TPSA) is 41.6 Å². The lowest BCUT2D eigenvalue weighted by Crippen LogP contribution is -2.44. The summed E-state index contributed by atoms with van der Waals surface area (Å²) in [5.41, 5.74) is 1.55. The van der Waals surface area contributed by atoms with E-state index in [9.17, 15) is 4.79 Å². The van der Waals surface area contributed by atoms with Crippen LogP contribution in [-0.4, -0.2) is 42.6 Å². The van der Waals surface area contributed by atoms with Gasteiger partial charge in [0.2, 0.25) is 0 Å². The molecule has 2 fully saturated rings. The number of fused-ring (bicyclic) bond motifs is 2. The number of nitrogens with zero attached hydrogens (tertiary/aromatic N) is 1. The molecule has 4 nitrogen and oxygen atoms in total. The quantitative estimate of drug-likeness (QED) is 0.865. The van der Waals surface area contributed by atoms with Crippen molar-refractivity contribution in [1.29, 1.82) is 0 Å². The number of anilines is 1. The number of hydrogen-bond donors (Lipinski definition) is 1. The second-order valence-electron chi connectivity index (χ2n) is 6.13. The zero-order chi connectivity index (χ0) is 14.8. The highest BCUT2D eigenvalue weighted by molar-refractivity contribution is 5.95. The summed E-state index contributed by atoms with van der Waals surface area (Å²) in [6, 6.07) is 9.50. The van der Waals surface area contributed by atoms with Crippen LogP contribution < -0.4 is 5.32 Å². The first-order valence-electron chi connectivity index (χ1n) is 7.93. The third-order valence-corrected chi connectivity index (χ3v) is 4.88. The molecule has 2 heterocycles. The number of carbonyl (C=O) groups excluding carboxylic acids is 1. The number of ether oxygens (including phenoxy) is 1. The van der Waals surface area contributed by atoms with Crippen molar-refractivity contribution in [2.75, 3.05) is 19.0 Å². The molecule has 21 heavy (non-hydrogen) atoms. The summed E-state index contributed by atoms with van der Waals surface area (Å²) in [6.45, 7) is 2.24. The Kier molecular flexibility index (Phi) is 4.15. The highest BCUT2D eigenvalue weighted by Crippen LogP contribution is 2.35. The third-order valence-electron chi connectivity index (χ3n) is 4.88. The van der Waals surface area contributed by atoms with E-state index in [0.29, 0.717) is 30.3 Å². The maximum atomic E-state index is 12.0. The molecule has 1 aromatic carbocycles. The first kappa shape index (κ1) is 14.4. The SMILES string of the molecule is CCOC(=O)c1ccccc1NC1CC2CCC(C1)N2C. The van der Waals surface area contributed by atoms with Gasteiger partial charge in [-0.1, -0.05) is 12.1 Å². The molecule has 0 aliphatic carbocycles. The van der Waals surface area contributed by atoms with Crippen LogP contribution in [0.25, 0.3) is 0 Å². The minimum Gasteiger partial charge on any atom is -0.462 e. The van der Waals surface area contributed by atoms with Gasteiger partial charge in [0.15, 0.2) is 0 Å². The summed E-state index contributed by atoms with van der Waals surface area (Å²) >= 11 is 0. The lowest BCUT2D eigenvalue weighted by molar-refractivity contribution is 0.0527. The molecule has 0 spiro atoms. The normalized spacial score (nSPS) is 28.4. The van der Waals surface area contributed by atoms with Gasteiger partial charge >= 0.3 is 5.97 Å². The second-order valence-corrected chi connectivity index (χ2v) is 6.13. The number of para-hydroxylation sites is 1. The van der Waals surface area contributed by atoms with E-state index in [2.05, 4.69) is 17.3 Å². The predicted octanol–water partition coefficient (Wildman–Crippen LogP) is 2.90. The average Bonchev–Trinajstić information content (AvgIpc) is 2.71. The van der Waals surface area contributed by atoms with E-state index >= 15 is 0 Å². The summed E-state index contributed by atoms with van der Waals surface area (Å²) < 4.78 is 5.14. The van der Waals surface area contributed by atoms with Crippen molar-refractivity contribution in [3.05, 3.63) is 29.8 Å². The summed E-state index contributed by atoms with van der Waals surface area (Å²) in [6.07, 6.45) is 4.92. The van der Waals surface area contributed by atoms with Crippen LogP contribution in [0.1, 0.15) is 43.0 Å². The smallest absolute Gasteiger partial charge is 0.340 e. The van der Waals surface area contributed by atoms with Gasteiger partial charge in [0.05, 0.1) is 12.2 Å². The van der Waals surface area contributed by atoms with Crippen LogP contribution >= 0.6 is 0 Å². The van der Waals surface area contributed by atoms with Crippen molar-refractivity contribution < 1.29 is 9.53 Å². The van der Waals surface area contributed by atoms with E-state index in [1.807, 2.05) is 31.2 Å². The van der Waals surface area contributed by atoms with Crippen LogP contribution in [0.4, 0.5) is 5.69 Å². The predicted molar refractivity (Wildman–Crippen MR) is 83.6 cm³/mol. The fraction of sp³-hybridized carbons (Fsp3) is 0.588. The number of rotatable bonds is 4. The molecule has 4 heteroatoms. The number of nitrogens with one attached hydrogen (secondary N) is 1. The maximum Gasteiger partial charge on any atom is 0.340 e. The average molecular weight is 288 g/mol. The van der Waals surface area contributed by atoms with Crippen LogP contribution in [0, 0.1) is 0 Å². The van der Waals surface area contributed by atoms with Crippen LogP contribution in [0.5, 0.6) is 0 Å². The lowest BCUT2D eigenvalue weighted by Gasteiger charge is -2.37. The van der Waals surface area contributed by atoms with Crippen molar-refractivity contribution in [2.45, 2.75) is 50.7 Å². The lowest BCUT2D eigenvalue weighted by atomic mass is 9.97. The first-order chi connectivity index (χ1) is 10.2. The molecule has 0 aromatic heterocycles. The standard InChI is InChI=1S/C17H24N2O2/c1-3-21-17(20)15-6-4-5-7-16(15)18-12-10-13-8-9-14(11-12)19(13)2/h4-7,12-14,18H,3,8-11H2,1-2H3. The van der Waals surface area contributed by atoms with Crippen LogP contribution in [0.15, 0.2) is 24.3 Å². The number of piperidine rings is 1. The summed E-state index contributed by atoms with van der Waals surface area (Å²) in [4.78, 5) is 14.6. The van der Waals surface area contributed by atoms with E-state index in [4.69, 9.17) is 4.74 Å². The van der Waals surface area contributed by atoms with E-state index < -0.39 is 0 Å². The van der Waals surface area contributed by atoms with Crippen molar-refractivity contribution in [1.82, 2.24) is 4.90 Å². The Morgan fingerprint density at radius 3 is 2.62 bits per heavy atom. The van der Waals surface area contributed by atoms with E-state index in [0.717, 1.165) is 18.5 Å². The molecule has 2 saturated heterocycles. The number of hydrogen-bond acceptors (Lipinski definition) is 4. The third kappa shape index (κ3) is 2.91. The molecule has 2 bridgehead atoms. The van der Waals surface area contributed by atoms with Gasteiger partial charge < -0.3 is 15.0 Å². The monoisotopic (exact) mass is 288 g/mol. The molecule has 0 saturated carbocycles. The summed E-state index contributed by atoms with van der Waals surface area (Å²) in [7, 11) is 2.24.